The van der Waals surface area contributed by atoms with Crippen LogP contribution in [0.4, 0.5) is 5.69 Å². The molecule has 2 amide bonds. The van der Waals surface area contributed by atoms with Crippen LogP contribution < -0.4 is 16.4 Å². The molecule has 1 aliphatic rings. The second-order valence-corrected chi connectivity index (χ2v) is 5.04. The number of hydrogen-bond acceptors (Lipinski definition) is 5. The summed E-state index contributed by atoms with van der Waals surface area (Å²) in [5, 5.41) is 5.52. The summed E-state index contributed by atoms with van der Waals surface area (Å²) < 4.78 is 5.28. The summed E-state index contributed by atoms with van der Waals surface area (Å²) in [4.78, 5) is 25.4. The Balaban J connectivity index is 0.00000264. The molecule has 0 saturated carbocycles. The monoisotopic (exact) mass is 378 g/mol. The minimum Gasteiger partial charge on any atom is -0.379 e. The van der Waals surface area contributed by atoms with E-state index in [2.05, 4.69) is 15.5 Å². The van der Waals surface area contributed by atoms with E-state index in [1.54, 1.807) is 24.3 Å². The number of anilines is 1. The van der Waals surface area contributed by atoms with Gasteiger partial charge in [0.15, 0.2) is 0 Å². The van der Waals surface area contributed by atoms with Crippen molar-refractivity contribution >= 4 is 42.3 Å². The average Bonchev–Trinajstić information content (AvgIpc) is 2.56. The number of carbonyl (C=O) groups is 2. The van der Waals surface area contributed by atoms with Gasteiger partial charge in [0.2, 0.25) is 5.91 Å². The minimum absolute atomic E-state index is 0. The molecule has 9 heteroatoms. The lowest BCUT2D eigenvalue weighted by Gasteiger charge is -2.26. The van der Waals surface area contributed by atoms with Crippen molar-refractivity contribution in [2.24, 2.45) is 5.73 Å². The second kappa shape index (κ2) is 12.0. The van der Waals surface area contributed by atoms with Gasteiger partial charge in [-0.15, -0.1) is 24.8 Å². The average molecular weight is 379 g/mol. The summed E-state index contributed by atoms with van der Waals surface area (Å²) in [5.74, 6) is -0.382. The number of nitrogens with two attached hydrogens (primary N) is 1. The van der Waals surface area contributed by atoms with Crippen molar-refractivity contribution in [3.8, 4) is 0 Å². The lowest BCUT2D eigenvalue weighted by Crippen LogP contribution is -2.41. The molecule has 1 aromatic carbocycles. The Morgan fingerprint density at radius 2 is 1.75 bits per heavy atom. The highest BCUT2D eigenvalue weighted by Crippen LogP contribution is 2.09. The van der Waals surface area contributed by atoms with Gasteiger partial charge in [-0.25, -0.2) is 0 Å². The molecule has 0 atom stereocenters. The maximum Gasteiger partial charge on any atom is 0.251 e. The summed E-state index contributed by atoms with van der Waals surface area (Å²) in [5.41, 5.74) is 6.41. The zero-order valence-electron chi connectivity index (χ0n) is 13.3. The van der Waals surface area contributed by atoms with Crippen molar-refractivity contribution in [3.05, 3.63) is 29.8 Å². The Hall–Kier alpha value is -1.38. The van der Waals surface area contributed by atoms with Crippen LogP contribution in [0.2, 0.25) is 0 Å². The van der Waals surface area contributed by atoms with Gasteiger partial charge in [0.05, 0.1) is 19.8 Å². The standard InChI is InChI=1S/C15H22N4O3.2ClH/c16-11-14(20)18-13-3-1-12(2-4-13)15(21)17-5-6-19-7-9-22-10-8-19;;/h1-4H,5-11,16H2,(H,17,21)(H,18,20);2*1H. The fraction of sp³-hybridized carbons (Fsp3) is 0.467. The van der Waals surface area contributed by atoms with Gasteiger partial charge in [-0.1, -0.05) is 0 Å². The zero-order chi connectivity index (χ0) is 15.8. The van der Waals surface area contributed by atoms with Crippen molar-refractivity contribution in [3.63, 3.8) is 0 Å². The van der Waals surface area contributed by atoms with Crippen molar-refractivity contribution in [1.29, 1.82) is 0 Å². The quantitative estimate of drug-likeness (QED) is 0.669. The largest absolute Gasteiger partial charge is 0.379 e. The number of ether oxygens (including phenoxy) is 1. The van der Waals surface area contributed by atoms with E-state index in [1.165, 1.54) is 0 Å². The lowest BCUT2D eigenvalue weighted by atomic mass is 10.2. The number of nitrogens with zero attached hydrogens (tertiary/aromatic N) is 1. The van der Waals surface area contributed by atoms with Gasteiger partial charge in [0, 0.05) is 37.4 Å². The van der Waals surface area contributed by atoms with Gasteiger partial charge in [0.1, 0.15) is 0 Å². The molecule has 0 spiro atoms. The smallest absolute Gasteiger partial charge is 0.251 e. The highest BCUT2D eigenvalue weighted by Gasteiger charge is 2.11. The van der Waals surface area contributed by atoms with Crippen LogP contribution in [0.3, 0.4) is 0 Å². The van der Waals surface area contributed by atoms with Crippen molar-refractivity contribution in [2.75, 3.05) is 51.3 Å². The van der Waals surface area contributed by atoms with E-state index in [-0.39, 0.29) is 43.2 Å². The van der Waals surface area contributed by atoms with Gasteiger partial charge in [-0.2, -0.15) is 0 Å². The van der Waals surface area contributed by atoms with E-state index in [9.17, 15) is 9.59 Å². The summed E-state index contributed by atoms with van der Waals surface area (Å²) in [6, 6.07) is 6.72. The maximum atomic E-state index is 12.0. The molecule has 0 unspecified atom stereocenters. The summed E-state index contributed by atoms with van der Waals surface area (Å²) in [6.45, 7) is 4.68. The molecule has 1 aromatic rings. The SMILES string of the molecule is Cl.Cl.NCC(=O)Nc1ccc(C(=O)NCCN2CCOCC2)cc1. The van der Waals surface area contributed by atoms with Gasteiger partial charge in [0.25, 0.3) is 5.91 Å². The van der Waals surface area contributed by atoms with Crippen LogP contribution in [0.25, 0.3) is 0 Å². The van der Waals surface area contributed by atoms with Crippen molar-refractivity contribution in [2.45, 2.75) is 0 Å². The fourth-order valence-electron chi connectivity index (χ4n) is 2.17. The first-order valence-corrected chi connectivity index (χ1v) is 7.37. The first kappa shape index (κ1) is 22.6. The second-order valence-electron chi connectivity index (χ2n) is 5.04. The molecule has 2 rings (SSSR count). The first-order chi connectivity index (χ1) is 10.7. The van der Waals surface area contributed by atoms with Gasteiger partial charge in [-0.05, 0) is 24.3 Å². The van der Waals surface area contributed by atoms with Gasteiger partial charge < -0.3 is 21.1 Å². The molecule has 0 aliphatic carbocycles. The highest BCUT2D eigenvalue weighted by atomic mass is 35.5. The van der Waals surface area contributed by atoms with Crippen LogP contribution in [0.5, 0.6) is 0 Å². The van der Waals surface area contributed by atoms with E-state index in [0.29, 0.717) is 17.8 Å². The van der Waals surface area contributed by atoms with Crippen LogP contribution >= 0.6 is 24.8 Å². The van der Waals surface area contributed by atoms with E-state index >= 15 is 0 Å². The van der Waals surface area contributed by atoms with Crippen LogP contribution in [0.1, 0.15) is 10.4 Å². The number of rotatable bonds is 6. The molecular formula is C15H24Cl2N4O3. The van der Waals surface area contributed by atoms with E-state index < -0.39 is 0 Å². The zero-order valence-corrected chi connectivity index (χ0v) is 15.0. The maximum absolute atomic E-state index is 12.0. The Morgan fingerprint density at radius 3 is 2.33 bits per heavy atom. The topological polar surface area (TPSA) is 96.7 Å². The molecule has 0 aromatic heterocycles. The number of nitrogens with one attached hydrogen (secondary N) is 2. The Labute approximate surface area is 154 Å². The number of amides is 2. The van der Waals surface area contributed by atoms with Crippen molar-refractivity contribution in [1.82, 2.24) is 10.2 Å². The molecule has 1 heterocycles. The number of hydrogen-bond donors (Lipinski definition) is 3. The third-order valence-electron chi connectivity index (χ3n) is 3.43. The Kier molecular flexibility index (Phi) is 11.4. The first-order valence-electron chi connectivity index (χ1n) is 7.37. The number of halogens is 2. The van der Waals surface area contributed by atoms with Crippen LogP contribution in [-0.2, 0) is 9.53 Å². The molecule has 1 saturated heterocycles. The Morgan fingerprint density at radius 1 is 1.12 bits per heavy atom. The normalized spacial score (nSPS) is 14.0. The van der Waals surface area contributed by atoms with Gasteiger partial charge in [-0.3, -0.25) is 14.5 Å². The third-order valence-corrected chi connectivity index (χ3v) is 3.43. The predicted octanol–water partition coefficient (Wildman–Crippen LogP) is 0.489. The molecule has 0 radical (unpaired) electrons. The van der Waals surface area contributed by atoms with Crippen LogP contribution in [-0.4, -0.2) is 62.7 Å². The number of benzene rings is 1. The molecule has 7 nitrogen and oxygen atoms in total. The van der Waals surface area contributed by atoms with E-state index in [4.69, 9.17) is 10.5 Å². The number of carbonyl (C=O) groups excluding carboxylic acids is 2. The number of morpholine rings is 1. The highest BCUT2D eigenvalue weighted by molar-refractivity contribution is 5.96. The lowest BCUT2D eigenvalue weighted by molar-refractivity contribution is -0.114. The summed E-state index contributed by atoms with van der Waals surface area (Å²) in [7, 11) is 0. The fourth-order valence-corrected chi connectivity index (χ4v) is 2.17. The minimum atomic E-state index is -0.261. The third kappa shape index (κ3) is 7.46. The molecular weight excluding hydrogens is 355 g/mol. The Bertz CT molecular complexity index is 508. The summed E-state index contributed by atoms with van der Waals surface area (Å²) in [6.07, 6.45) is 0. The van der Waals surface area contributed by atoms with Gasteiger partial charge >= 0.3 is 0 Å². The van der Waals surface area contributed by atoms with E-state index in [0.717, 1.165) is 32.8 Å². The predicted molar refractivity (Wildman–Crippen MR) is 98.2 cm³/mol. The molecule has 1 aliphatic heterocycles. The summed E-state index contributed by atoms with van der Waals surface area (Å²) >= 11 is 0. The molecule has 4 N–H and O–H groups in total. The molecule has 136 valence electrons. The molecule has 1 fully saturated rings. The van der Waals surface area contributed by atoms with E-state index in [1.807, 2.05) is 0 Å². The molecule has 24 heavy (non-hydrogen) atoms. The van der Waals surface area contributed by atoms with Crippen LogP contribution in [0, 0.1) is 0 Å². The molecule has 0 bridgehead atoms. The van der Waals surface area contributed by atoms with Crippen LogP contribution in [0.15, 0.2) is 24.3 Å². The van der Waals surface area contributed by atoms with Crippen molar-refractivity contribution < 1.29 is 14.3 Å².